The lowest BCUT2D eigenvalue weighted by Crippen LogP contribution is -2.28. The number of benzene rings is 1. The van der Waals surface area contributed by atoms with Crippen LogP contribution < -0.4 is 9.64 Å². The fourth-order valence-electron chi connectivity index (χ4n) is 1.77. The minimum Gasteiger partial charge on any atom is -0.497 e. The first-order valence-electron chi connectivity index (χ1n) is 6.04. The first-order chi connectivity index (χ1) is 8.40. The molecule has 1 aliphatic rings. The van der Waals surface area contributed by atoms with Crippen LogP contribution in [0.1, 0.15) is 20.8 Å². The van der Waals surface area contributed by atoms with E-state index >= 15 is 0 Å². The number of rotatable bonds is 3. The van der Waals surface area contributed by atoms with Crippen molar-refractivity contribution >= 4 is 11.7 Å². The third-order valence-electron chi connectivity index (χ3n) is 2.70. The lowest BCUT2D eigenvalue weighted by molar-refractivity contribution is -0.153. The van der Waals surface area contributed by atoms with Gasteiger partial charge in [-0.2, -0.15) is 0 Å². The van der Waals surface area contributed by atoms with E-state index in [1.165, 1.54) is 0 Å². The Morgan fingerprint density at radius 1 is 1.28 bits per heavy atom. The van der Waals surface area contributed by atoms with E-state index in [0.717, 1.165) is 18.0 Å². The third-order valence-corrected chi connectivity index (χ3v) is 2.70. The molecule has 1 aromatic carbocycles. The zero-order valence-corrected chi connectivity index (χ0v) is 11.3. The number of carbonyl (C=O) groups is 1. The Labute approximate surface area is 107 Å². The maximum absolute atomic E-state index is 11.8. The summed E-state index contributed by atoms with van der Waals surface area (Å²) in [6.07, 6.45) is 0. The summed E-state index contributed by atoms with van der Waals surface area (Å²) in [5, 5.41) is 0. The van der Waals surface area contributed by atoms with Crippen LogP contribution in [0.3, 0.4) is 0 Å². The summed E-state index contributed by atoms with van der Waals surface area (Å²) in [4.78, 5) is 13.8. The molecule has 0 radical (unpaired) electrons. The Morgan fingerprint density at radius 3 is 2.39 bits per heavy atom. The van der Waals surface area contributed by atoms with Gasteiger partial charge in [0.15, 0.2) is 0 Å². The summed E-state index contributed by atoms with van der Waals surface area (Å²) in [6, 6.07) is 7.53. The zero-order chi connectivity index (χ0) is 13.3. The molecule has 1 saturated heterocycles. The fourth-order valence-corrected chi connectivity index (χ4v) is 1.77. The Hall–Kier alpha value is -1.71. The van der Waals surface area contributed by atoms with Crippen LogP contribution >= 0.6 is 0 Å². The third kappa shape index (κ3) is 2.94. The molecule has 2 rings (SSSR count). The average Bonchev–Trinajstić information content (AvgIpc) is 3.07. The molecule has 1 aliphatic heterocycles. The van der Waals surface area contributed by atoms with Crippen LogP contribution in [0.5, 0.6) is 5.75 Å². The zero-order valence-electron chi connectivity index (χ0n) is 11.3. The topological polar surface area (TPSA) is 38.5 Å². The molecular weight excluding hydrogens is 230 g/mol. The van der Waals surface area contributed by atoms with Crippen LogP contribution in [0.25, 0.3) is 0 Å². The van der Waals surface area contributed by atoms with Crippen molar-refractivity contribution in [3.05, 3.63) is 24.3 Å². The lowest BCUT2D eigenvalue weighted by Gasteiger charge is -2.19. The Balaban J connectivity index is 1.96. The molecule has 0 aromatic heterocycles. The molecule has 0 aliphatic carbocycles. The van der Waals surface area contributed by atoms with Gasteiger partial charge in [-0.3, -0.25) is 0 Å². The van der Waals surface area contributed by atoms with Crippen molar-refractivity contribution in [2.75, 3.05) is 18.6 Å². The maximum Gasteiger partial charge on any atom is 0.331 e. The molecule has 4 nitrogen and oxygen atoms in total. The first kappa shape index (κ1) is 12.7. The van der Waals surface area contributed by atoms with E-state index in [1.54, 1.807) is 7.11 Å². The number of esters is 1. The van der Waals surface area contributed by atoms with Gasteiger partial charge in [-0.25, -0.2) is 4.79 Å². The van der Waals surface area contributed by atoms with E-state index in [-0.39, 0.29) is 12.0 Å². The van der Waals surface area contributed by atoms with Gasteiger partial charge < -0.3 is 14.4 Å². The molecule has 1 heterocycles. The normalized spacial score (nSPS) is 18.4. The van der Waals surface area contributed by atoms with E-state index in [1.807, 2.05) is 49.9 Å². The van der Waals surface area contributed by atoms with Crippen LogP contribution in [0, 0.1) is 0 Å². The number of nitrogens with zero attached hydrogens (tertiary/aromatic N) is 1. The van der Waals surface area contributed by atoms with Gasteiger partial charge >= 0.3 is 5.97 Å². The van der Waals surface area contributed by atoms with Crippen LogP contribution in [0.15, 0.2) is 24.3 Å². The monoisotopic (exact) mass is 249 g/mol. The van der Waals surface area contributed by atoms with Gasteiger partial charge in [-0.15, -0.1) is 0 Å². The summed E-state index contributed by atoms with van der Waals surface area (Å²) < 4.78 is 10.5. The molecule has 4 heteroatoms. The van der Waals surface area contributed by atoms with Gasteiger partial charge in [0.1, 0.15) is 17.4 Å². The summed E-state index contributed by atoms with van der Waals surface area (Å²) in [6.45, 7) is 6.36. The number of hydrogen-bond donors (Lipinski definition) is 0. The molecule has 0 N–H and O–H groups in total. The highest BCUT2D eigenvalue weighted by molar-refractivity contribution is 5.86. The molecule has 0 amide bonds. The summed E-state index contributed by atoms with van der Waals surface area (Å²) in [5.41, 5.74) is 0.595. The van der Waals surface area contributed by atoms with Gasteiger partial charge in [0, 0.05) is 5.69 Å². The van der Waals surface area contributed by atoms with Crippen molar-refractivity contribution in [3.8, 4) is 5.75 Å². The highest BCUT2D eigenvalue weighted by Crippen LogP contribution is 2.30. The lowest BCUT2D eigenvalue weighted by atomic mass is 10.2. The molecule has 18 heavy (non-hydrogen) atoms. The second-order valence-electron chi connectivity index (χ2n) is 5.40. The van der Waals surface area contributed by atoms with Crippen molar-refractivity contribution in [3.63, 3.8) is 0 Å². The van der Waals surface area contributed by atoms with Gasteiger partial charge in [0.25, 0.3) is 0 Å². The maximum atomic E-state index is 11.8. The number of hydrogen-bond acceptors (Lipinski definition) is 4. The molecule has 0 spiro atoms. The molecule has 0 bridgehead atoms. The largest absolute Gasteiger partial charge is 0.497 e. The van der Waals surface area contributed by atoms with Crippen molar-refractivity contribution in [2.24, 2.45) is 0 Å². The van der Waals surface area contributed by atoms with Gasteiger partial charge in [-0.05, 0) is 45.0 Å². The molecule has 1 fully saturated rings. The first-order valence-corrected chi connectivity index (χ1v) is 6.04. The molecular formula is C14H19NO3. The minimum absolute atomic E-state index is 0.141. The van der Waals surface area contributed by atoms with E-state index in [2.05, 4.69) is 0 Å². The highest BCUT2D eigenvalue weighted by Gasteiger charge is 2.43. The van der Waals surface area contributed by atoms with Crippen LogP contribution in [0.4, 0.5) is 5.69 Å². The molecule has 1 atom stereocenters. The average molecular weight is 249 g/mol. The smallest absolute Gasteiger partial charge is 0.331 e. The number of methoxy groups -OCH3 is 1. The van der Waals surface area contributed by atoms with Crippen molar-refractivity contribution in [1.82, 2.24) is 0 Å². The highest BCUT2D eigenvalue weighted by atomic mass is 16.6. The number of ether oxygens (including phenoxy) is 2. The van der Waals surface area contributed by atoms with Crippen molar-refractivity contribution in [1.29, 1.82) is 0 Å². The van der Waals surface area contributed by atoms with Crippen LogP contribution in [-0.2, 0) is 9.53 Å². The van der Waals surface area contributed by atoms with Gasteiger partial charge in [0.05, 0.1) is 13.7 Å². The van der Waals surface area contributed by atoms with E-state index < -0.39 is 5.60 Å². The Kier molecular flexibility index (Phi) is 3.20. The quantitative estimate of drug-likeness (QED) is 0.608. The second-order valence-corrected chi connectivity index (χ2v) is 5.40. The molecule has 0 saturated carbocycles. The van der Waals surface area contributed by atoms with Crippen molar-refractivity contribution < 1.29 is 14.3 Å². The second kappa shape index (κ2) is 4.52. The van der Waals surface area contributed by atoms with Crippen LogP contribution in [0.2, 0.25) is 0 Å². The van der Waals surface area contributed by atoms with Gasteiger partial charge in [0.2, 0.25) is 0 Å². The minimum atomic E-state index is -0.425. The standard InChI is InChI=1S/C14H19NO3/c1-14(2,3)18-13(16)12-9-15(12)10-5-7-11(17-4)8-6-10/h5-8,12H,9H2,1-4H3/t12-,15?/m1/s1. The van der Waals surface area contributed by atoms with E-state index in [0.29, 0.717) is 0 Å². The SMILES string of the molecule is COc1ccc(N2C[C@@H]2C(=O)OC(C)(C)C)cc1. The van der Waals surface area contributed by atoms with Gasteiger partial charge in [-0.1, -0.05) is 0 Å². The van der Waals surface area contributed by atoms with Crippen LogP contribution in [-0.4, -0.2) is 31.3 Å². The molecule has 98 valence electrons. The van der Waals surface area contributed by atoms with Crippen molar-refractivity contribution in [2.45, 2.75) is 32.4 Å². The summed E-state index contributed by atoms with van der Waals surface area (Å²) >= 11 is 0. The summed E-state index contributed by atoms with van der Waals surface area (Å²) in [7, 11) is 1.63. The predicted octanol–water partition coefficient (Wildman–Crippen LogP) is 2.23. The summed E-state index contributed by atoms with van der Waals surface area (Å²) in [5.74, 6) is 0.660. The Bertz CT molecular complexity index is 433. The fraction of sp³-hybridized carbons (Fsp3) is 0.500. The van der Waals surface area contributed by atoms with E-state index in [9.17, 15) is 4.79 Å². The predicted molar refractivity (Wildman–Crippen MR) is 70.0 cm³/mol. The Morgan fingerprint density at radius 2 is 1.89 bits per heavy atom. The molecule has 0 unspecified atom stereocenters. The number of carbonyl (C=O) groups excluding carboxylic acids is 1. The number of anilines is 1. The van der Waals surface area contributed by atoms with E-state index in [4.69, 9.17) is 9.47 Å². The molecule has 1 aromatic rings.